The van der Waals surface area contributed by atoms with Crippen molar-refractivity contribution in [3.63, 3.8) is 0 Å². The predicted molar refractivity (Wildman–Crippen MR) is 117 cm³/mol. The van der Waals surface area contributed by atoms with Gasteiger partial charge < -0.3 is 4.74 Å². The topological polar surface area (TPSA) is 105 Å². The molecular formula is C20H19Cl2N3O5S. The van der Waals surface area contributed by atoms with E-state index in [2.05, 4.69) is 10.9 Å². The maximum absolute atomic E-state index is 12.7. The Labute approximate surface area is 189 Å². The molecule has 164 valence electrons. The van der Waals surface area contributed by atoms with Crippen LogP contribution in [0.5, 0.6) is 0 Å². The molecule has 0 bridgehead atoms. The summed E-state index contributed by atoms with van der Waals surface area (Å²) in [7, 11) is -3.74. The Morgan fingerprint density at radius 2 is 1.74 bits per heavy atom. The summed E-state index contributed by atoms with van der Waals surface area (Å²) >= 11 is 11.8. The van der Waals surface area contributed by atoms with Crippen LogP contribution in [0, 0.1) is 0 Å². The number of amides is 2. The van der Waals surface area contributed by atoms with Crippen LogP contribution in [0.1, 0.15) is 15.9 Å². The van der Waals surface area contributed by atoms with Gasteiger partial charge in [0.05, 0.1) is 28.2 Å². The number of hydrogen-bond acceptors (Lipinski definition) is 5. The molecule has 1 saturated heterocycles. The number of morpholine rings is 1. The number of benzene rings is 2. The largest absolute Gasteiger partial charge is 0.379 e. The molecule has 0 aliphatic carbocycles. The molecule has 11 heteroatoms. The summed E-state index contributed by atoms with van der Waals surface area (Å²) < 4.78 is 32.0. The van der Waals surface area contributed by atoms with Crippen molar-refractivity contribution in [3.05, 3.63) is 69.7 Å². The van der Waals surface area contributed by atoms with Crippen molar-refractivity contribution in [3.8, 4) is 0 Å². The molecule has 31 heavy (non-hydrogen) atoms. The highest BCUT2D eigenvalue weighted by atomic mass is 35.5. The first-order valence-corrected chi connectivity index (χ1v) is 11.4. The number of hydrogen-bond donors (Lipinski definition) is 2. The van der Waals surface area contributed by atoms with Gasteiger partial charge in [0, 0.05) is 24.7 Å². The van der Waals surface area contributed by atoms with Crippen molar-refractivity contribution in [2.24, 2.45) is 0 Å². The van der Waals surface area contributed by atoms with Crippen molar-refractivity contribution >= 4 is 51.1 Å². The number of rotatable bonds is 5. The van der Waals surface area contributed by atoms with Crippen LogP contribution in [0.4, 0.5) is 0 Å². The van der Waals surface area contributed by atoms with Crippen LogP contribution < -0.4 is 10.9 Å². The summed E-state index contributed by atoms with van der Waals surface area (Å²) in [5.41, 5.74) is 5.22. The summed E-state index contributed by atoms with van der Waals surface area (Å²) in [5.74, 6) is -1.24. The maximum Gasteiger partial charge on any atom is 0.269 e. The summed E-state index contributed by atoms with van der Waals surface area (Å²) in [4.78, 5) is 24.3. The summed E-state index contributed by atoms with van der Waals surface area (Å²) in [6.07, 6.45) is 2.71. The number of ether oxygens (including phenoxy) is 1. The average molecular weight is 484 g/mol. The van der Waals surface area contributed by atoms with Gasteiger partial charge in [0.2, 0.25) is 10.0 Å². The normalized spacial score (nSPS) is 15.0. The SMILES string of the molecule is O=C(/C=C/c1ccc(Cl)c(Cl)c1)NNC(=O)c1cccc(S(=O)(=O)N2CCOCC2)c1. The standard InChI is InChI=1S/C20H19Cl2N3O5S/c21-17-6-4-14(12-18(17)22)5-7-19(26)23-24-20(27)15-2-1-3-16(13-15)31(28,29)25-8-10-30-11-9-25/h1-7,12-13H,8-11H2,(H,23,26)(H,24,27)/b7-5+. The molecule has 8 nitrogen and oxygen atoms in total. The summed E-state index contributed by atoms with van der Waals surface area (Å²) in [6, 6.07) is 10.5. The van der Waals surface area contributed by atoms with Gasteiger partial charge in [-0.05, 0) is 42.0 Å². The Morgan fingerprint density at radius 1 is 1.00 bits per heavy atom. The Balaban J connectivity index is 1.61. The fourth-order valence-electron chi connectivity index (χ4n) is 2.75. The zero-order chi connectivity index (χ0) is 22.4. The number of sulfonamides is 1. The van der Waals surface area contributed by atoms with E-state index in [0.29, 0.717) is 28.8 Å². The highest BCUT2D eigenvalue weighted by Crippen LogP contribution is 2.23. The molecule has 2 aromatic carbocycles. The third kappa shape index (κ3) is 6.05. The first-order chi connectivity index (χ1) is 14.8. The lowest BCUT2D eigenvalue weighted by Gasteiger charge is -2.26. The van der Waals surface area contributed by atoms with Gasteiger partial charge in [-0.25, -0.2) is 8.42 Å². The van der Waals surface area contributed by atoms with Gasteiger partial charge in [-0.1, -0.05) is 35.3 Å². The minimum absolute atomic E-state index is 0.00658. The van der Waals surface area contributed by atoms with E-state index in [1.807, 2.05) is 0 Å². The smallest absolute Gasteiger partial charge is 0.269 e. The zero-order valence-corrected chi connectivity index (χ0v) is 18.5. The van der Waals surface area contributed by atoms with Crippen molar-refractivity contribution in [1.82, 2.24) is 15.2 Å². The second-order valence-electron chi connectivity index (χ2n) is 6.49. The van der Waals surface area contributed by atoms with Crippen LogP contribution in [0.3, 0.4) is 0 Å². The Bertz CT molecular complexity index is 1120. The molecule has 2 N–H and O–H groups in total. The number of hydrazine groups is 1. The molecular weight excluding hydrogens is 465 g/mol. The van der Waals surface area contributed by atoms with Crippen LogP contribution in [-0.4, -0.2) is 50.8 Å². The molecule has 1 heterocycles. The van der Waals surface area contributed by atoms with E-state index in [4.69, 9.17) is 27.9 Å². The van der Waals surface area contributed by atoms with Crippen LogP contribution in [0.2, 0.25) is 10.0 Å². The number of carbonyl (C=O) groups is 2. The lowest BCUT2D eigenvalue weighted by atomic mass is 10.2. The van der Waals surface area contributed by atoms with Crippen LogP contribution in [-0.2, 0) is 19.6 Å². The van der Waals surface area contributed by atoms with E-state index >= 15 is 0 Å². The maximum atomic E-state index is 12.7. The Hall–Kier alpha value is -2.43. The van der Waals surface area contributed by atoms with Crippen molar-refractivity contribution in [2.75, 3.05) is 26.3 Å². The third-order valence-electron chi connectivity index (χ3n) is 4.37. The third-order valence-corrected chi connectivity index (χ3v) is 7.01. The lowest BCUT2D eigenvalue weighted by Crippen LogP contribution is -2.41. The molecule has 1 fully saturated rings. The molecule has 0 unspecified atom stereocenters. The average Bonchev–Trinajstić information content (AvgIpc) is 2.79. The quantitative estimate of drug-likeness (QED) is 0.501. The van der Waals surface area contributed by atoms with Crippen LogP contribution in [0.25, 0.3) is 6.08 Å². The molecule has 2 aromatic rings. The van der Waals surface area contributed by atoms with E-state index in [9.17, 15) is 18.0 Å². The summed E-state index contributed by atoms with van der Waals surface area (Å²) in [6.45, 7) is 1.14. The first kappa shape index (κ1) is 23.2. The highest BCUT2D eigenvalue weighted by molar-refractivity contribution is 7.89. The number of halogens is 2. The number of carbonyl (C=O) groups excluding carboxylic acids is 2. The minimum atomic E-state index is -3.74. The van der Waals surface area contributed by atoms with E-state index < -0.39 is 21.8 Å². The van der Waals surface area contributed by atoms with E-state index in [1.54, 1.807) is 18.2 Å². The van der Waals surface area contributed by atoms with E-state index in [0.717, 1.165) is 0 Å². The minimum Gasteiger partial charge on any atom is -0.379 e. The van der Waals surface area contributed by atoms with Gasteiger partial charge in [-0.15, -0.1) is 0 Å². The molecule has 0 aromatic heterocycles. The fourth-order valence-corrected chi connectivity index (χ4v) is 4.51. The van der Waals surface area contributed by atoms with Crippen molar-refractivity contribution in [1.29, 1.82) is 0 Å². The first-order valence-electron chi connectivity index (χ1n) is 9.19. The monoisotopic (exact) mass is 483 g/mol. The van der Waals surface area contributed by atoms with Gasteiger partial charge in [-0.2, -0.15) is 4.31 Å². The molecule has 3 rings (SSSR count). The lowest BCUT2D eigenvalue weighted by molar-refractivity contribution is -0.117. The molecule has 1 aliphatic heterocycles. The van der Waals surface area contributed by atoms with Gasteiger partial charge in [0.25, 0.3) is 11.8 Å². The van der Waals surface area contributed by atoms with E-state index in [1.165, 1.54) is 40.7 Å². The molecule has 0 spiro atoms. The fraction of sp³-hybridized carbons (Fsp3) is 0.200. The van der Waals surface area contributed by atoms with E-state index in [-0.39, 0.29) is 23.5 Å². The van der Waals surface area contributed by atoms with Crippen LogP contribution in [0.15, 0.2) is 53.4 Å². The van der Waals surface area contributed by atoms with Gasteiger partial charge in [-0.3, -0.25) is 20.4 Å². The molecule has 2 amide bonds. The van der Waals surface area contributed by atoms with Crippen molar-refractivity contribution < 1.29 is 22.7 Å². The molecule has 0 radical (unpaired) electrons. The van der Waals surface area contributed by atoms with Gasteiger partial charge >= 0.3 is 0 Å². The molecule has 0 saturated carbocycles. The second kappa shape index (κ2) is 10.3. The second-order valence-corrected chi connectivity index (χ2v) is 9.25. The van der Waals surface area contributed by atoms with Crippen LogP contribution >= 0.6 is 23.2 Å². The predicted octanol–water partition coefficient (Wildman–Crippen LogP) is 2.49. The highest BCUT2D eigenvalue weighted by Gasteiger charge is 2.26. The molecule has 1 aliphatic rings. The zero-order valence-electron chi connectivity index (χ0n) is 16.2. The van der Waals surface area contributed by atoms with Gasteiger partial charge in [0.1, 0.15) is 0 Å². The Morgan fingerprint density at radius 3 is 2.45 bits per heavy atom. The summed E-state index contributed by atoms with van der Waals surface area (Å²) in [5, 5.41) is 0.748. The van der Waals surface area contributed by atoms with Crippen molar-refractivity contribution in [2.45, 2.75) is 4.90 Å². The molecule has 0 atom stereocenters. The Kier molecular flexibility index (Phi) is 7.69. The number of nitrogens with one attached hydrogen (secondary N) is 2. The number of nitrogens with zero attached hydrogens (tertiary/aromatic N) is 1. The van der Waals surface area contributed by atoms with Gasteiger partial charge in [0.15, 0.2) is 0 Å².